The van der Waals surface area contributed by atoms with E-state index in [0.717, 1.165) is 28.7 Å². The molecule has 3 aromatic rings. The molecule has 0 saturated heterocycles. The molecule has 0 spiro atoms. The first kappa shape index (κ1) is 12.4. The molecule has 0 amide bonds. The van der Waals surface area contributed by atoms with Crippen LogP contribution in [-0.4, -0.2) is 12.1 Å². The van der Waals surface area contributed by atoms with Gasteiger partial charge in [-0.25, -0.2) is 4.98 Å². The number of ether oxygens (including phenoxy) is 1. The van der Waals surface area contributed by atoms with E-state index < -0.39 is 0 Å². The fraction of sp³-hybridized carbons (Fsp3) is 0.118. The number of thiazole rings is 1. The molecule has 4 heteroatoms. The predicted molar refractivity (Wildman–Crippen MR) is 86.6 cm³/mol. The maximum absolute atomic E-state index is 5.29. The summed E-state index contributed by atoms with van der Waals surface area (Å²) in [6, 6.07) is 16.3. The quantitative estimate of drug-likeness (QED) is 0.605. The van der Waals surface area contributed by atoms with Crippen LogP contribution in [0.2, 0.25) is 0 Å². The Morgan fingerprint density at radius 2 is 2.00 bits per heavy atom. The number of nitrogens with one attached hydrogen (secondary N) is 1. The van der Waals surface area contributed by atoms with Crippen LogP contribution >= 0.6 is 11.3 Å². The molecule has 0 bridgehead atoms. The van der Waals surface area contributed by atoms with Crippen molar-refractivity contribution >= 4 is 22.2 Å². The number of anilines is 2. The van der Waals surface area contributed by atoms with Gasteiger partial charge in [0.15, 0.2) is 5.13 Å². The molecule has 21 heavy (non-hydrogen) atoms. The molecule has 0 aliphatic heterocycles. The van der Waals surface area contributed by atoms with Crippen LogP contribution in [0.15, 0.2) is 48.5 Å². The maximum atomic E-state index is 5.29. The minimum absolute atomic E-state index is 0.909. The van der Waals surface area contributed by atoms with E-state index in [4.69, 9.17) is 9.72 Å². The van der Waals surface area contributed by atoms with Gasteiger partial charge in [0.25, 0.3) is 0 Å². The summed E-state index contributed by atoms with van der Waals surface area (Å²) in [5.41, 5.74) is 4.70. The van der Waals surface area contributed by atoms with Gasteiger partial charge in [-0.2, -0.15) is 0 Å². The summed E-state index contributed by atoms with van der Waals surface area (Å²) < 4.78 is 5.29. The van der Waals surface area contributed by atoms with E-state index >= 15 is 0 Å². The molecule has 0 fully saturated rings. The van der Waals surface area contributed by atoms with Gasteiger partial charge in [0, 0.05) is 22.5 Å². The van der Waals surface area contributed by atoms with E-state index in [-0.39, 0.29) is 0 Å². The molecule has 1 N–H and O–H groups in total. The van der Waals surface area contributed by atoms with E-state index in [1.54, 1.807) is 18.4 Å². The third-order valence-electron chi connectivity index (χ3n) is 3.64. The molecule has 2 aromatic carbocycles. The van der Waals surface area contributed by atoms with Crippen molar-refractivity contribution < 1.29 is 4.74 Å². The lowest BCUT2D eigenvalue weighted by molar-refractivity contribution is 0.414. The van der Waals surface area contributed by atoms with E-state index in [2.05, 4.69) is 17.4 Å². The van der Waals surface area contributed by atoms with Gasteiger partial charge in [0.2, 0.25) is 0 Å². The Morgan fingerprint density at radius 3 is 2.81 bits per heavy atom. The topological polar surface area (TPSA) is 34.1 Å². The second-order valence-electron chi connectivity index (χ2n) is 4.98. The number of methoxy groups -OCH3 is 1. The first-order valence-electron chi connectivity index (χ1n) is 6.82. The Balaban J connectivity index is 1.66. The van der Waals surface area contributed by atoms with Gasteiger partial charge in [-0.15, -0.1) is 11.3 Å². The minimum Gasteiger partial charge on any atom is -0.497 e. The van der Waals surface area contributed by atoms with Crippen molar-refractivity contribution in [2.75, 3.05) is 12.4 Å². The highest BCUT2D eigenvalue weighted by molar-refractivity contribution is 7.16. The van der Waals surface area contributed by atoms with Gasteiger partial charge in [-0.05, 0) is 35.9 Å². The normalized spacial score (nSPS) is 11.9. The van der Waals surface area contributed by atoms with Crippen LogP contribution in [0.4, 0.5) is 10.8 Å². The highest BCUT2D eigenvalue weighted by Crippen LogP contribution is 2.42. The second-order valence-corrected chi connectivity index (χ2v) is 6.07. The lowest BCUT2D eigenvalue weighted by Crippen LogP contribution is -1.90. The molecule has 1 heterocycles. The van der Waals surface area contributed by atoms with Crippen molar-refractivity contribution in [3.8, 4) is 17.0 Å². The molecule has 0 unspecified atom stereocenters. The lowest BCUT2D eigenvalue weighted by atomic mass is 10.1. The summed E-state index contributed by atoms with van der Waals surface area (Å²) in [4.78, 5) is 6.07. The van der Waals surface area contributed by atoms with E-state index in [0.29, 0.717) is 0 Å². The molecule has 1 aromatic heterocycles. The van der Waals surface area contributed by atoms with Crippen molar-refractivity contribution in [1.29, 1.82) is 0 Å². The third-order valence-corrected chi connectivity index (χ3v) is 4.61. The number of fused-ring (bicyclic) bond motifs is 3. The van der Waals surface area contributed by atoms with Crippen LogP contribution in [0.25, 0.3) is 11.3 Å². The molecular weight excluding hydrogens is 280 g/mol. The van der Waals surface area contributed by atoms with Crippen molar-refractivity contribution in [3.05, 3.63) is 59.0 Å². The average Bonchev–Trinajstić information content (AvgIpc) is 3.04. The number of hydrogen-bond acceptors (Lipinski definition) is 4. The largest absolute Gasteiger partial charge is 0.497 e. The summed E-state index contributed by atoms with van der Waals surface area (Å²) in [7, 11) is 1.70. The van der Waals surface area contributed by atoms with Crippen molar-refractivity contribution in [1.82, 2.24) is 4.98 Å². The molecule has 0 atom stereocenters. The van der Waals surface area contributed by atoms with E-state index in [9.17, 15) is 0 Å². The smallest absolute Gasteiger partial charge is 0.187 e. The Bertz CT molecular complexity index is 796. The zero-order chi connectivity index (χ0) is 14.2. The Hall–Kier alpha value is -2.33. The van der Waals surface area contributed by atoms with Crippen LogP contribution < -0.4 is 10.1 Å². The Kier molecular flexibility index (Phi) is 2.89. The second kappa shape index (κ2) is 4.90. The number of benzene rings is 2. The Labute approximate surface area is 127 Å². The summed E-state index contributed by atoms with van der Waals surface area (Å²) >= 11 is 1.72. The lowest BCUT2D eigenvalue weighted by Gasteiger charge is -2.04. The van der Waals surface area contributed by atoms with Gasteiger partial charge in [-0.1, -0.05) is 18.2 Å². The molecule has 1 aliphatic rings. The SMILES string of the molecule is COc1ccc2c(c1)Cc1sc(Nc3ccccc3)nc1-2. The molecule has 4 rings (SSSR count). The third kappa shape index (κ3) is 2.17. The average molecular weight is 294 g/mol. The van der Waals surface area contributed by atoms with Gasteiger partial charge >= 0.3 is 0 Å². The number of aromatic nitrogens is 1. The molecule has 104 valence electrons. The van der Waals surface area contributed by atoms with Gasteiger partial charge in [-0.3, -0.25) is 0 Å². The zero-order valence-electron chi connectivity index (χ0n) is 11.6. The van der Waals surface area contributed by atoms with Crippen LogP contribution in [-0.2, 0) is 6.42 Å². The molecular formula is C17H14N2OS. The standard InChI is InChI=1S/C17H14N2OS/c1-20-13-7-8-14-11(9-13)10-15-16(14)19-17(21-15)18-12-5-3-2-4-6-12/h2-9H,10H2,1H3,(H,18,19). The monoisotopic (exact) mass is 294 g/mol. The van der Waals surface area contributed by atoms with Crippen molar-refractivity contribution in [3.63, 3.8) is 0 Å². The molecule has 3 nitrogen and oxygen atoms in total. The van der Waals surface area contributed by atoms with Crippen LogP contribution in [0, 0.1) is 0 Å². The first-order chi connectivity index (χ1) is 10.3. The fourth-order valence-corrected chi connectivity index (χ4v) is 3.65. The highest BCUT2D eigenvalue weighted by Gasteiger charge is 2.23. The fourth-order valence-electron chi connectivity index (χ4n) is 2.63. The summed E-state index contributed by atoms with van der Waals surface area (Å²) in [6.07, 6.45) is 0.940. The van der Waals surface area contributed by atoms with Crippen LogP contribution in [0.1, 0.15) is 10.4 Å². The van der Waals surface area contributed by atoms with Gasteiger partial charge in [0.05, 0.1) is 12.8 Å². The van der Waals surface area contributed by atoms with Crippen LogP contribution in [0.3, 0.4) is 0 Å². The molecule has 0 radical (unpaired) electrons. The van der Waals surface area contributed by atoms with E-state index in [1.807, 2.05) is 36.4 Å². The zero-order valence-corrected chi connectivity index (χ0v) is 12.4. The minimum atomic E-state index is 0.909. The summed E-state index contributed by atoms with van der Waals surface area (Å²) in [6.45, 7) is 0. The Morgan fingerprint density at radius 1 is 1.14 bits per heavy atom. The van der Waals surface area contributed by atoms with Gasteiger partial charge in [0.1, 0.15) is 5.75 Å². The number of hydrogen-bond donors (Lipinski definition) is 1. The van der Waals surface area contributed by atoms with Crippen molar-refractivity contribution in [2.24, 2.45) is 0 Å². The molecule has 1 aliphatic carbocycles. The number of para-hydroxylation sites is 1. The van der Waals surface area contributed by atoms with E-state index in [1.165, 1.54) is 16.0 Å². The van der Waals surface area contributed by atoms with Gasteiger partial charge < -0.3 is 10.1 Å². The number of nitrogens with zero attached hydrogens (tertiary/aromatic N) is 1. The summed E-state index contributed by atoms with van der Waals surface area (Å²) in [5.74, 6) is 0.909. The first-order valence-corrected chi connectivity index (χ1v) is 7.64. The number of rotatable bonds is 3. The maximum Gasteiger partial charge on any atom is 0.187 e. The highest BCUT2D eigenvalue weighted by atomic mass is 32.1. The van der Waals surface area contributed by atoms with Crippen molar-refractivity contribution in [2.45, 2.75) is 6.42 Å². The molecule has 0 saturated carbocycles. The predicted octanol–water partition coefficient (Wildman–Crippen LogP) is 4.47. The summed E-state index contributed by atoms with van der Waals surface area (Å²) in [5, 5.41) is 4.32. The van der Waals surface area contributed by atoms with Crippen LogP contribution in [0.5, 0.6) is 5.75 Å².